The van der Waals surface area contributed by atoms with Crippen molar-refractivity contribution in [2.75, 3.05) is 5.32 Å². The molecule has 2 rings (SSSR count). The average molecular weight is 377 g/mol. The molecular formula is C16H20ClF3N4O. The van der Waals surface area contributed by atoms with Gasteiger partial charge in [-0.1, -0.05) is 19.4 Å². The Morgan fingerprint density at radius 1 is 1.36 bits per heavy atom. The molecule has 0 aliphatic heterocycles. The second kappa shape index (κ2) is 7.88. The maximum atomic E-state index is 12.8. The van der Waals surface area contributed by atoms with Crippen molar-refractivity contribution in [3.8, 4) is 5.69 Å². The first-order valence-corrected chi connectivity index (χ1v) is 7.46. The van der Waals surface area contributed by atoms with E-state index < -0.39 is 17.3 Å². The summed E-state index contributed by atoms with van der Waals surface area (Å²) in [7, 11) is 0. The van der Waals surface area contributed by atoms with Gasteiger partial charge in [0.2, 0.25) is 5.91 Å². The maximum Gasteiger partial charge on any atom is 0.416 e. The first-order valence-electron chi connectivity index (χ1n) is 7.46. The zero-order chi connectivity index (χ0) is 18.0. The molecule has 0 bridgehead atoms. The Labute approximate surface area is 149 Å². The smallest absolute Gasteiger partial charge is 0.322 e. The van der Waals surface area contributed by atoms with Crippen LogP contribution in [0.3, 0.4) is 0 Å². The van der Waals surface area contributed by atoms with Crippen LogP contribution < -0.4 is 11.1 Å². The van der Waals surface area contributed by atoms with E-state index in [-0.39, 0.29) is 24.0 Å². The van der Waals surface area contributed by atoms with Gasteiger partial charge in [0.15, 0.2) is 0 Å². The SMILES string of the molecule is CCCC(C)(N)C(=O)Nc1cnn(-c2cccc(C(F)(F)F)c2)c1.Cl. The number of benzene rings is 1. The maximum absolute atomic E-state index is 12.8. The van der Waals surface area contributed by atoms with Crippen LogP contribution in [0.15, 0.2) is 36.7 Å². The predicted molar refractivity (Wildman–Crippen MR) is 91.9 cm³/mol. The van der Waals surface area contributed by atoms with E-state index >= 15 is 0 Å². The van der Waals surface area contributed by atoms with E-state index in [1.54, 1.807) is 6.92 Å². The lowest BCUT2D eigenvalue weighted by Crippen LogP contribution is -2.48. The highest BCUT2D eigenvalue weighted by atomic mass is 35.5. The van der Waals surface area contributed by atoms with Crippen LogP contribution in [-0.4, -0.2) is 21.2 Å². The summed E-state index contributed by atoms with van der Waals surface area (Å²) >= 11 is 0. The lowest BCUT2D eigenvalue weighted by molar-refractivity contribution is -0.137. The van der Waals surface area contributed by atoms with Gasteiger partial charge < -0.3 is 11.1 Å². The molecule has 0 aliphatic rings. The second-order valence-electron chi connectivity index (χ2n) is 5.84. The Balaban J connectivity index is 0.00000312. The number of hydrogen-bond donors (Lipinski definition) is 2. The van der Waals surface area contributed by atoms with Crippen molar-refractivity contribution in [1.82, 2.24) is 9.78 Å². The molecule has 0 fully saturated rings. The molecule has 0 saturated heterocycles. The molecule has 1 atom stereocenters. The van der Waals surface area contributed by atoms with E-state index in [9.17, 15) is 18.0 Å². The molecule has 1 aromatic carbocycles. The van der Waals surface area contributed by atoms with Crippen LogP contribution in [0.25, 0.3) is 5.69 Å². The molecule has 9 heteroatoms. The number of nitrogens with one attached hydrogen (secondary N) is 1. The number of halogens is 4. The number of rotatable bonds is 5. The summed E-state index contributed by atoms with van der Waals surface area (Å²) in [4.78, 5) is 12.1. The van der Waals surface area contributed by atoms with Gasteiger partial charge in [-0.25, -0.2) is 4.68 Å². The van der Waals surface area contributed by atoms with Crippen molar-refractivity contribution in [2.45, 2.75) is 38.4 Å². The highest BCUT2D eigenvalue weighted by Crippen LogP contribution is 2.30. The summed E-state index contributed by atoms with van der Waals surface area (Å²) in [6, 6.07) is 4.78. The standard InChI is InChI=1S/C16H19F3N4O.ClH/c1-3-7-15(2,20)14(24)22-12-9-21-23(10-12)13-6-4-5-11(8-13)16(17,18)19;/h4-6,8-10H,3,7,20H2,1-2H3,(H,22,24);1H. The third-order valence-electron chi connectivity index (χ3n) is 3.57. The quantitative estimate of drug-likeness (QED) is 0.834. The van der Waals surface area contributed by atoms with Crippen molar-refractivity contribution < 1.29 is 18.0 Å². The van der Waals surface area contributed by atoms with Gasteiger partial charge in [-0.2, -0.15) is 18.3 Å². The van der Waals surface area contributed by atoms with Gasteiger partial charge in [-0.3, -0.25) is 4.79 Å². The number of amides is 1. The minimum atomic E-state index is -4.43. The van der Waals surface area contributed by atoms with E-state index in [1.165, 1.54) is 29.2 Å². The number of carbonyl (C=O) groups excluding carboxylic acids is 1. The largest absolute Gasteiger partial charge is 0.416 e. The van der Waals surface area contributed by atoms with Crippen LogP contribution in [0.5, 0.6) is 0 Å². The zero-order valence-electron chi connectivity index (χ0n) is 13.8. The Morgan fingerprint density at radius 2 is 2.04 bits per heavy atom. The third-order valence-corrected chi connectivity index (χ3v) is 3.57. The van der Waals surface area contributed by atoms with Crippen molar-refractivity contribution in [3.05, 3.63) is 42.2 Å². The molecular weight excluding hydrogens is 357 g/mol. The Kier molecular flexibility index (Phi) is 6.61. The van der Waals surface area contributed by atoms with Crippen LogP contribution in [0.4, 0.5) is 18.9 Å². The summed E-state index contributed by atoms with van der Waals surface area (Å²) in [6.45, 7) is 3.55. The number of carbonyl (C=O) groups is 1. The molecule has 1 amide bonds. The fourth-order valence-corrected chi connectivity index (χ4v) is 2.26. The number of alkyl halides is 3. The number of nitrogens with zero attached hydrogens (tertiary/aromatic N) is 2. The fourth-order valence-electron chi connectivity index (χ4n) is 2.26. The summed E-state index contributed by atoms with van der Waals surface area (Å²) in [5.74, 6) is -0.368. The van der Waals surface area contributed by atoms with Gasteiger partial charge in [0.25, 0.3) is 0 Å². The summed E-state index contributed by atoms with van der Waals surface area (Å²) in [5.41, 5.74) is 4.76. The molecule has 5 nitrogen and oxygen atoms in total. The predicted octanol–water partition coefficient (Wildman–Crippen LogP) is 3.77. The van der Waals surface area contributed by atoms with E-state index in [4.69, 9.17) is 5.73 Å². The van der Waals surface area contributed by atoms with Gasteiger partial charge >= 0.3 is 6.18 Å². The van der Waals surface area contributed by atoms with Crippen molar-refractivity contribution in [3.63, 3.8) is 0 Å². The molecule has 138 valence electrons. The van der Waals surface area contributed by atoms with Crippen LogP contribution in [0, 0.1) is 0 Å². The van der Waals surface area contributed by atoms with E-state index in [2.05, 4.69) is 10.4 Å². The molecule has 0 aliphatic carbocycles. The lowest BCUT2D eigenvalue weighted by Gasteiger charge is -2.22. The lowest BCUT2D eigenvalue weighted by atomic mass is 9.96. The molecule has 1 unspecified atom stereocenters. The van der Waals surface area contributed by atoms with E-state index in [0.29, 0.717) is 12.1 Å². The van der Waals surface area contributed by atoms with Crippen molar-refractivity contribution in [1.29, 1.82) is 0 Å². The number of nitrogens with two attached hydrogens (primary N) is 1. The molecule has 0 saturated carbocycles. The first kappa shape index (κ1) is 21.0. The third kappa shape index (κ3) is 5.20. The summed E-state index contributed by atoms with van der Waals surface area (Å²) < 4.78 is 39.6. The van der Waals surface area contributed by atoms with E-state index in [0.717, 1.165) is 18.6 Å². The van der Waals surface area contributed by atoms with Crippen LogP contribution in [0.2, 0.25) is 0 Å². The monoisotopic (exact) mass is 376 g/mol. The van der Waals surface area contributed by atoms with Gasteiger partial charge in [-0.05, 0) is 31.5 Å². The van der Waals surface area contributed by atoms with E-state index in [1.807, 2.05) is 6.92 Å². The molecule has 25 heavy (non-hydrogen) atoms. The van der Waals surface area contributed by atoms with Gasteiger partial charge in [0, 0.05) is 0 Å². The minimum absolute atomic E-state index is 0. The highest BCUT2D eigenvalue weighted by Gasteiger charge is 2.30. The Hall–Kier alpha value is -2.06. The molecule has 2 aromatic rings. The Morgan fingerprint density at radius 3 is 2.64 bits per heavy atom. The number of aromatic nitrogens is 2. The fraction of sp³-hybridized carbons (Fsp3) is 0.375. The normalized spacial score (nSPS) is 13.7. The molecule has 3 N–H and O–H groups in total. The van der Waals surface area contributed by atoms with Gasteiger partial charge in [-0.15, -0.1) is 12.4 Å². The van der Waals surface area contributed by atoms with Crippen LogP contribution >= 0.6 is 12.4 Å². The zero-order valence-corrected chi connectivity index (χ0v) is 14.6. The average Bonchev–Trinajstić information content (AvgIpc) is 2.95. The van der Waals surface area contributed by atoms with Crippen molar-refractivity contribution in [2.24, 2.45) is 5.73 Å². The number of anilines is 1. The van der Waals surface area contributed by atoms with Gasteiger partial charge in [0.05, 0.1) is 34.9 Å². The second-order valence-corrected chi connectivity index (χ2v) is 5.84. The Bertz CT molecular complexity index is 728. The summed E-state index contributed by atoms with van der Waals surface area (Å²) in [5, 5.41) is 6.62. The van der Waals surface area contributed by atoms with Crippen LogP contribution in [-0.2, 0) is 11.0 Å². The number of hydrogen-bond acceptors (Lipinski definition) is 3. The topological polar surface area (TPSA) is 72.9 Å². The molecule has 1 aromatic heterocycles. The molecule has 0 radical (unpaired) electrons. The van der Waals surface area contributed by atoms with Crippen LogP contribution in [0.1, 0.15) is 32.3 Å². The minimum Gasteiger partial charge on any atom is -0.322 e. The highest BCUT2D eigenvalue weighted by molar-refractivity contribution is 5.97. The molecule has 0 spiro atoms. The first-order chi connectivity index (χ1) is 11.1. The van der Waals surface area contributed by atoms with Crippen molar-refractivity contribution >= 4 is 24.0 Å². The summed E-state index contributed by atoms with van der Waals surface area (Å²) in [6.07, 6.45) is -0.359. The van der Waals surface area contributed by atoms with Gasteiger partial charge in [0.1, 0.15) is 0 Å². The molecule has 1 heterocycles.